The summed E-state index contributed by atoms with van der Waals surface area (Å²) in [5.74, 6) is -87.3. The third-order valence-electron chi connectivity index (χ3n) is 16.1. The van der Waals surface area contributed by atoms with Gasteiger partial charge in [0.05, 0.1) is 58.9 Å². The zero-order valence-corrected chi connectivity index (χ0v) is 51.3. The van der Waals surface area contributed by atoms with E-state index in [2.05, 4.69) is 19.9 Å². The van der Waals surface area contributed by atoms with E-state index in [4.69, 9.17) is 37.9 Å². The van der Waals surface area contributed by atoms with E-state index in [0.29, 0.717) is 82.6 Å². The van der Waals surface area contributed by atoms with Crippen molar-refractivity contribution in [3.05, 3.63) is 201 Å². The maximum atomic E-state index is 16.3. The highest BCUT2D eigenvalue weighted by Crippen LogP contribution is 2.62. The molecule has 0 unspecified atom stereocenters. The van der Waals surface area contributed by atoms with Crippen LogP contribution in [0.3, 0.4) is 0 Å². The molecule has 0 amide bonds. The largest absolute Gasteiger partial charge is 0.446 e. The molecule has 46 heteroatoms. The summed E-state index contributed by atoms with van der Waals surface area (Å²) in [4.78, 5) is 12.8. The molecule has 8 aromatic carbocycles. The molecule has 110 heavy (non-hydrogen) atoms. The van der Waals surface area contributed by atoms with Crippen LogP contribution in [0.2, 0.25) is 0 Å². The van der Waals surface area contributed by atoms with Crippen molar-refractivity contribution >= 4 is 34.1 Å². The van der Waals surface area contributed by atoms with E-state index in [1.165, 1.54) is 0 Å². The normalized spacial score (nSPS) is 13.9. The Bertz CT molecular complexity index is 4980. The van der Waals surface area contributed by atoms with Crippen molar-refractivity contribution in [1.82, 2.24) is 19.9 Å². The number of fused-ring (bicyclic) bond motifs is 8. The molecule has 0 N–H and O–H groups in total. The van der Waals surface area contributed by atoms with Crippen LogP contribution in [0.5, 0.6) is 92.0 Å². The molecule has 4 aliphatic heterocycles. The van der Waals surface area contributed by atoms with Crippen molar-refractivity contribution < 1.29 is 178 Å². The molecule has 0 fully saturated rings. The number of nitrogens with zero attached hydrogens (tertiary/aromatic N) is 6. The SMILES string of the molecule is Fc1c(F)c(C(F)(F)F)c(F)c2c1Oc1cc(N(c3cnc(C(F)(F)C(F)(F)C(F)(F)C(F)(F)c4ncc(N(c5ccc6c(c5)Oc5c(F)c(F)c(C(F)(F)F)c(F)c5O6)c5ccc6c(c5)Oc5c(F)c(F)c(C(F)(F)F)c(F)c5O6)cn4)nc3)c3ccc4c(c3)Oc3c(F)c(F)c(C(F)(F)F)c(F)c3O4)ccc1O2. The first-order valence-corrected chi connectivity index (χ1v) is 28.9. The van der Waals surface area contributed by atoms with E-state index >= 15 is 70.2 Å². The predicted molar refractivity (Wildman–Crippen MR) is 297 cm³/mol. The first-order valence-electron chi connectivity index (χ1n) is 28.9. The lowest BCUT2D eigenvalue weighted by Crippen LogP contribution is -2.60. The Morgan fingerprint density at radius 2 is 0.400 bits per heavy atom. The van der Waals surface area contributed by atoms with Gasteiger partial charge in [0.15, 0.2) is 92.5 Å². The Hall–Kier alpha value is -12.3. The summed E-state index contributed by atoms with van der Waals surface area (Å²) in [5, 5.41) is 0. The molecule has 0 spiro atoms. The van der Waals surface area contributed by atoms with Gasteiger partial charge in [0.25, 0.3) is 0 Å². The maximum absolute atomic E-state index is 16.3. The number of anilines is 6. The van der Waals surface area contributed by atoms with Gasteiger partial charge in [0, 0.05) is 24.3 Å². The molecule has 0 bridgehead atoms. The van der Waals surface area contributed by atoms with Gasteiger partial charge in [-0.05, 0) is 48.5 Å². The van der Waals surface area contributed by atoms with Crippen LogP contribution < -0.4 is 47.7 Å². The molecule has 14 rings (SSSR count). The third-order valence-corrected chi connectivity index (χ3v) is 16.1. The molecular formula is C64H16F32N6O8. The average molecular weight is 1600 g/mol. The smallest absolute Gasteiger partial charge is 0.422 e. The highest BCUT2D eigenvalue weighted by atomic mass is 19.4. The number of halogens is 32. The van der Waals surface area contributed by atoms with Crippen molar-refractivity contribution in [2.45, 2.75) is 48.4 Å². The van der Waals surface area contributed by atoms with Gasteiger partial charge in [-0.1, -0.05) is 0 Å². The molecule has 574 valence electrons. The summed E-state index contributed by atoms with van der Waals surface area (Å²) >= 11 is 0. The number of ether oxygens (including phenoxy) is 8. The van der Waals surface area contributed by atoms with Crippen molar-refractivity contribution in [3.8, 4) is 92.0 Å². The van der Waals surface area contributed by atoms with Gasteiger partial charge in [-0.2, -0.15) is 105 Å². The lowest BCUT2D eigenvalue weighted by molar-refractivity contribution is -0.377. The third kappa shape index (κ3) is 11.4. The van der Waals surface area contributed by atoms with E-state index in [0.717, 1.165) is 0 Å². The lowest BCUT2D eigenvalue weighted by Gasteiger charge is -2.35. The summed E-state index contributed by atoms with van der Waals surface area (Å²) in [6.45, 7) is 0. The molecular weight excluding hydrogens is 1590 g/mol. The first kappa shape index (κ1) is 74.5. The first-order chi connectivity index (χ1) is 51.1. The highest BCUT2D eigenvalue weighted by molar-refractivity contribution is 5.82. The van der Waals surface area contributed by atoms with E-state index in [-0.39, 0.29) is 24.8 Å². The Morgan fingerprint density at radius 3 is 0.591 bits per heavy atom. The minimum atomic E-state index is -7.49. The monoisotopic (exact) mass is 1600 g/mol. The number of hydrogen-bond acceptors (Lipinski definition) is 14. The van der Waals surface area contributed by atoms with Crippen LogP contribution in [0.4, 0.5) is 175 Å². The standard InChI is InChI=1S/C64H16F32N6O8/c65-35-31(59(81,82)83)39(69)47-51(43(35)73)107-27-9-17(1-5-23(27)103-47)101(18-2-6-24-28(10-18)108-52-44(74)36(66)32(60(84,85)86)40(70)48(52)104-24)21-13-97-55(98-14-21)57(77,78)63(93,94)64(95,96)58(79,80)56-99-15-22(16-100-56)102(19-3-7-25-29(11-19)109-53-45(75)37(67)33(61(87,88)89)41(71)49(53)105-25)20-4-8-26-30(12-20)110-54-46(76)38(68)34(62(90,91)92)42(72)50(54)106-26/h1-16H. The van der Waals surface area contributed by atoms with E-state index in [1.807, 2.05) is 0 Å². The molecule has 0 atom stereocenters. The van der Waals surface area contributed by atoms with Gasteiger partial charge in [-0.3, -0.25) is 0 Å². The molecule has 14 nitrogen and oxygen atoms in total. The molecule has 0 saturated carbocycles. The van der Waals surface area contributed by atoms with Gasteiger partial charge >= 0.3 is 48.4 Å². The zero-order chi connectivity index (χ0) is 80.0. The summed E-state index contributed by atoms with van der Waals surface area (Å²) < 4.78 is 515. The second-order valence-electron chi connectivity index (χ2n) is 22.7. The highest BCUT2D eigenvalue weighted by Gasteiger charge is 2.83. The molecule has 0 aliphatic carbocycles. The number of benzene rings is 8. The van der Waals surface area contributed by atoms with Gasteiger partial charge in [-0.15, -0.1) is 0 Å². The summed E-state index contributed by atoms with van der Waals surface area (Å²) in [6, 6.07) is 7.63. The molecule has 6 heterocycles. The quantitative estimate of drug-likeness (QED) is 0.0899. The number of rotatable bonds is 11. The maximum Gasteiger partial charge on any atom is 0.422 e. The van der Waals surface area contributed by atoms with Gasteiger partial charge in [0.1, 0.15) is 22.3 Å². The minimum Gasteiger partial charge on any atom is -0.446 e. The number of hydrogen-bond donors (Lipinski definition) is 0. The fourth-order valence-corrected chi connectivity index (χ4v) is 11.0. The lowest BCUT2D eigenvalue weighted by atomic mass is 9.97. The molecule has 2 aromatic heterocycles. The Labute approximate surface area is 582 Å². The van der Waals surface area contributed by atoms with Crippen LogP contribution >= 0.6 is 0 Å². The van der Waals surface area contributed by atoms with Crippen molar-refractivity contribution in [2.24, 2.45) is 0 Å². The summed E-state index contributed by atoms with van der Waals surface area (Å²) in [5.41, 5.74) is -16.0. The number of alkyl halides is 20. The van der Waals surface area contributed by atoms with Gasteiger partial charge in [0.2, 0.25) is 80.9 Å². The zero-order valence-electron chi connectivity index (χ0n) is 51.3. The van der Waals surface area contributed by atoms with Crippen LogP contribution in [0.1, 0.15) is 33.9 Å². The van der Waals surface area contributed by atoms with E-state index in [1.54, 1.807) is 0 Å². The van der Waals surface area contributed by atoms with Crippen LogP contribution in [-0.2, 0) is 36.6 Å². The Balaban J connectivity index is 0.805. The minimum absolute atomic E-state index is 0.0161. The van der Waals surface area contributed by atoms with Crippen LogP contribution in [0.25, 0.3) is 0 Å². The summed E-state index contributed by atoms with van der Waals surface area (Å²) in [7, 11) is 0. The van der Waals surface area contributed by atoms with Crippen LogP contribution in [0, 0.1) is 69.8 Å². The fourth-order valence-electron chi connectivity index (χ4n) is 11.0. The second-order valence-corrected chi connectivity index (χ2v) is 22.7. The Kier molecular flexibility index (Phi) is 16.7. The molecule has 10 aromatic rings. The van der Waals surface area contributed by atoms with Crippen molar-refractivity contribution in [2.75, 3.05) is 9.80 Å². The van der Waals surface area contributed by atoms with Gasteiger partial charge in [-0.25, -0.2) is 55.1 Å². The average Bonchev–Trinajstić information content (AvgIpc) is 0.732. The Morgan fingerprint density at radius 1 is 0.218 bits per heavy atom. The molecule has 0 radical (unpaired) electrons. The van der Waals surface area contributed by atoms with E-state index in [9.17, 15) is 70.2 Å². The van der Waals surface area contributed by atoms with Crippen molar-refractivity contribution in [1.29, 1.82) is 0 Å². The van der Waals surface area contributed by atoms with Crippen molar-refractivity contribution in [3.63, 3.8) is 0 Å². The second kappa shape index (κ2) is 24.6. The van der Waals surface area contributed by atoms with Crippen LogP contribution in [0.15, 0.2) is 97.6 Å². The fraction of sp³-hybridized carbons (Fsp3) is 0.125. The molecule has 0 saturated heterocycles. The van der Waals surface area contributed by atoms with Gasteiger partial charge < -0.3 is 47.7 Å². The number of aromatic nitrogens is 4. The predicted octanol–water partition coefficient (Wildman–Crippen LogP) is 23.7. The molecule has 4 aliphatic rings. The topological polar surface area (TPSA) is 132 Å². The van der Waals surface area contributed by atoms with E-state index < -0.39 is 278 Å². The van der Waals surface area contributed by atoms with Crippen LogP contribution in [-0.4, -0.2) is 31.8 Å². The summed E-state index contributed by atoms with van der Waals surface area (Å²) in [6.07, 6.45) is -23.8.